The molecule has 7 heteroatoms. The Morgan fingerprint density at radius 1 is 1.38 bits per heavy atom. The van der Waals surface area contributed by atoms with Crippen LogP contribution in [0.2, 0.25) is 0 Å². The number of hydrogen-bond acceptors (Lipinski definition) is 3. The molecule has 1 amide bonds. The van der Waals surface area contributed by atoms with Gasteiger partial charge in [-0.1, -0.05) is 18.6 Å². The van der Waals surface area contributed by atoms with E-state index in [-0.39, 0.29) is 30.6 Å². The van der Waals surface area contributed by atoms with Crippen LogP contribution < -0.4 is 9.62 Å². The molecule has 116 valence electrons. The number of rotatable bonds is 6. The molecule has 0 saturated heterocycles. The molecule has 1 saturated carbocycles. The Hall–Kier alpha value is -1.63. The summed E-state index contributed by atoms with van der Waals surface area (Å²) in [6.45, 7) is 0.176. The van der Waals surface area contributed by atoms with E-state index < -0.39 is 15.8 Å². The number of nitrogens with one attached hydrogen (secondary N) is 1. The molecule has 0 radical (unpaired) electrons. The standard InChI is InChI=1S/C14H19FN2O3S/c1-21(19,20)17(13-8-3-2-7-12(13)15)10-9-16-14(18)11-5-4-6-11/h2-3,7-8,11H,4-6,9-10H2,1H3,(H,16,18). The largest absolute Gasteiger partial charge is 0.354 e. The molecular formula is C14H19FN2O3S. The summed E-state index contributed by atoms with van der Waals surface area (Å²) in [5, 5.41) is 2.71. The van der Waals surface area contributed by atoms with Crippen LogP contribution in [0.1, 0.15) is 19.3 Å². The second-order valence-corrected chi connectivity index (χ2v) is 7.11. The van der Waals surface area contributed by atoms with Crippen LogP contribution in [0.3, 0.4) is 0 Å². The van der Waals surface area contributed by atoms with Crippen LogP contribution in [-0.2, 0) is 14.8 Å². The van der Waals surface area contributed by atoms with Crippen molar-refractivity contribution in [3.05, 3.63) is 30.1 Å². The molecule has 2 rings (SSSR count). The van der Waals surface area contributed by atoms with E-state index in [9.17, 15) is 17.6 Å². The first-order valence-corrected chi connectivity index (χ1v) is 8.74. The lowest BCUT2D eigenvalue weighted by Gasteiger charge is -2.26. The number of anilines is 1. The smallest absolute Gasteiger partial charge is 0.232 e. The molecule has 0 aliphatic heterocycles. The van der Waals surface area contributed by atoms with E-state index in [2.05, 4.69) is 5.32 Å². The Labute approximate surface area is 124 Å². The fourth-order valence-electron chi connectivity index (χ4n) is 2.21. The number of amides is 1. The molecule has 1 N–H and O–H groups in total. The van der Waals surface area contributed by atoms with Gasteiger partial charge >= 0.3 is 0 Å². The maximum Gasteiger partial charge on any atom is 0.232 e. The highest BCUT2D eigenvalue weighted by Crippen LogP contribution is 2.26. The molecule has 1 aromatic rings. The van der Waals surface area contributed by atoms with Crippen molar-refractivity contribution in [2.24, 2.45) is 5.92 Å². The molecule has 0 aromatic heterocycles. The van der Waals surface area contributed by atoms with Crippen molar-refractivity contribution in [2.45, 2.75) is 19.3 Å². The highest BCUT2D eigenvalue weighted by Gasteiger charge is 2.25. The summed E-state index contributed by atoms with van der Waals surface area (Å²) in [5.74, 6) is -0.610. The van der Waals surface area contributed by atoms with E-state index in [0.29, 0.717) is 0 Å². The number of nitrogens with zero attached hydrogens (tertiary/aromatic N) is 1. The van der Waals surface area contributed by atoms with Gasteiger partial charge in [0.2, 0.25) is 15.9 Å². The van der Waals surface area contributed by atoms with Crippen molar-refractivity contribution in [2.75, 3.05) is 23.7 Å². The lowest BCUT2D eigenvalue weighted by molar-refractivity contribution is -0.127. The first-order valence-electron chi connectivity index (χ1n) is 6.89. The maximum absolute atomic E-state index is 13.8. The third kappa shape index (κ3) is 3.93. The van der Waals surface area contributed by atoms with Crippen LogP contribution in [0.25, 0.3) is 0 Å². The van der Waals surface area contributed by atoms with E-state index in [1.54, 1.807) is 6.07 Å². The highest BCUT2D eigenvalue weighted by atomic mass is 32.2. The first kappa shape index (κ1) is 15.8. The number of para-hydroxylation sites is 1. The second-order valence-electron chi connectivity index (χ2n) is 5.21. The van der Waals surface area contributed by atoms with Gasteiger partial charge in [-0.2, -0.15) is 0 Å². The zero-order valence-corrected chi connectivity index (χ0v) is 12.7. The third-order valence-electron chi connectivity index (χ3n) is 3.61. The van der Waals surface area contributed by atoms with Gasteiger partial charge < -0.3 is 5.32 Å². The van der Waals surface area contributed by atoms with Crippen molar-refractivity contribution < 1.29 is 17.6 Å². The molecule has 0 atom stereocenters. The number of sulfonamides is 1. The molecule has 1 aromatic carbocycles. The predicted molar refractivity (Wildman–Crippen MR) is 78.9 cm³/mol. The Morgan fingerprint density at radius 3 is 2.57 bits per heavy atom. The topological polar surface area (TPSA) is 66.5 Å². The molecule has 21 heavy (non-hydrogen) atoms. The summed E-state index contributed by atoms with van der Waals surface area (Å²) >= 11 is 0. The lowest BCUT2D eigenvalue weighted by atomic mass is 9.85. The van der Waals surface area contributed by atoms with Crippen molar-refractivity contribution in [1.82, 2.24) is 5.32 Å². The van der Waals surface area contributed by atoms with Crippen LogP contribution in [0, 0.1) is 11.7 Å². The Morgan fingerprint density at radius 2 is 2.05 bits per heavy atom. The van der Waals surface area contributed by atoms with E-state index in [1.807, 2.05) is 0 Å². The van der Waals surface area contributed by atoms with Crippen molar-refractivity contribution in [3.63, 3.8) is 0 Å². The average molecular weight is 314 g/mol. The van der Waals surface area contributed by atoms with Crippen LogP contribution in [-0.4, -0.2) is 33.7 Å². The summed E-state index contributed by atoms with van der Waals surface area (Å²) in [6, 6.07) is 5.69. The fraction of sp³-hybridized carbons (Fsp3) is 0.500. The van der Waals surface area contributed by atoms with Crippen LogP contribution in [0.5, 0.6) is 0 Å². The van der Waals surface area contributed by atoms with Gasteiger partial charge in [-0.15, -0.1) is 0 Å². The minimum Gasteiger partial charge on any atom is -0.354 e. The lowest BCUT2D eigenvalue weighted by Crippen LogP contribution is -2.41. The second kappa shape index (κ2) is 6.43. The van der Waals surface area contributed by atoms with Crippen LogP contribution in [0.15, 0.2) is 24.3 Å². The van der Waals surface area contributed by atoms with Gasteiger partial charge in [0.05, 0.1) is 18.5 Å². The number of carbonyl (C=O) groups excluding carboxylic acids is 1. The van der Waals surface area contributed by atoms with E-state index in [0.717, 1.165) is 29.8 Å². The van der Waals surface area contributed by atoms with E-state index in [4.69, 9.17) is 0 Å². The summed E-state index contributed by atoms with van der Waals surface area (Å²) in [4.78, 5) is 11.7. The number of hydrogen-bond donors (Lipinski definition) is 1. The number of carbonyl (C=O) groups is 1. The third-order valence-corrected chi connectivity index (χ3v) is 4.79. The summed E-state index contributed by atoms with van der Waals surface area (Å²) in [5.41, 5.74) is -0.00195. The molecule has 5 nitrogen and oxygen atoms in total. The van der Waals surface area contributed by atoms with E-state index in [1.165, 1.54) is 18.2 Å². The van der Waals surface area contributed by atoms with Gasteiger partial charge in [-0.3, -0.25) is 9.10 Å². The molecule has 0 heterocycles. The van der Waals surface area contributed by atoms with Gasteiger partial charge in [0.25, 0.3) is 0 Å². The van der Waals surface area contributed by atoms with E-state index >= 15 is 0 Å². The number of benzene rings is 1. The van der Waals surface area contributed by atoms with Crippen molar-refractivity contribution >= 4 is 21.6 Å². The zero-order chi connectivity index (χ0) is 15.5. The zero-order valence-electron chi connectivity index (χ0n) is 11.9. The monoisotopic (exact) mass is 314 g/mol. The first-order chi connectivity index (χ1) is 9.89. The Kier molecular flexibility index (Phi) is 4.82. The molecule has 1 fully saturated rings. The van der Waals surface area contributed by atoms with Crippen molar-refractivity contribution in [3.8, 4) is 0 Å². The summed E-state index contributed by atoms with van der Waals surface area (Å²) < 4.78 is 38.3. The minimum absolute atomic E-state index is 0.00195. The Balaban J connectivity index is 2.01. The van der Waals surface area contributed by atoms with Crippen LogP contribution >= 0.6 is 0 Å². The van der Waals surface area contributed by atoms with Gasteiger partial charge in [0.1, 0.15) is 5.82 Å². The fourth-order valence-corrected chi connectivity index (χ4v) is 3.14. The molecule has 1 aliphatic rings. The van der Waals surface area contributed by atoms with Gasteiger partial charge in [0.15, 0.2) is 0 Å². The summed E-state index contributed by atoms with van der Waals surface area (Å²) in [7, 11) is -3.61. The SMILES string of the molecule is CS(=O)(=O)N(CCNC(=O)C1CCC1)c1ccccc1F. The number of halogens is 1. The van der Waals surface area contributed by atoms with Gasteiger partial charge in [0, 0.05) is 12.5 Å². The normalized spacial score (nSPS) is 15.3. The molecule has 0 bridgehead atoms. The average Bonchev–Trinajstić information content (AvgIpc) is 2.32. The quantitative estimate of drug-likeness (QED) is 0.865. The van der Waals surface area contributed by atoms with Crippen molar-refractivity contribution in [1.29, 1.82) is 0 Å². The van der Waals surface area contributed by atoms with Gasteiger partial charge in [-0.25, -0.2) is 12.8 Å². The predicted octanol–water partition coefficient (Wildman–Crippen LogP) is 1.51. The molecular weight excluding hydrogens is 295 g/mol. The Bertz CT molecular complexity index is 614. The minimum atomic E-state index is -3.61. The van der Waals surface area contributed by atoms with Crippen LogP contribution in [0.4, 0.5) is 10.1 Å². The summed E-state index contributed by atoms with van der Waals surface area (Å²) in [6.07, 6.45) is 3.85. The molecule has 0 unspecified atom stereocenters. The molecule has 1 aliphatic carbocycles. The highest BCUT2D eigenvalue weighted by molar-refractivity contribution is 7.92. The maximum atomic E-state index is 13.8. The van der Waals surface area contributed by atoms with Gasteiger partial charge in [-0.05, 0) is 25.0 Å². The molecule has 0 spiro atoms.